The maximum absolute atomic E-state index is 12.8. The average Bonchev–Trinajstić information content (AvgIpc) is 3.02. The van der Waals surface area contributed by atoms with Crippen molar-refractivity contribution in [2.75, 3.05) is 23.8 Å². The summed E-state index contributed by atoms with van der Waals surface area (Å²) >= 11 is 6.24. The highest BCUT2D eigenvalue weighted by Gasteiger charge is 2.41. The molecule has 316 valence electrons. The van der Waals surface area contributed by atoms with E-state index in [2.05, 4.69) is 117 Å². The van der Waals surface area contributed by atoms with Crippen LogP contribution in [0.1, 0.15) is 33.6 Å². The Hall–Kier alpha value is -2.58. The highest BCUT2D eigenvalue weighted by atomic mass is 35.5. The predicted molar refractivity (Wildman–Crippen MR) is 245 cm³/mol. The molecule has 0 aliphatic heterocycles. The lowest BCUT2D eigenvalue weighted by atomic mass is 10.2. The van der Waals surface area contributed by atoms with Gasteiger partial charge in [0.2, 0.25) is 17.2 Å². The third-order valence-corrected chi connectivity index (χ3v) is 26.9. The Morgan fingerprint density at radius 3 is 1.09 bits per heavy atom. The standard InChI is InChI=1S/C37H64ClN5O8Si6/c1-52(2,3)48-56(13,49-53(4,5)6)27-15-25-46-33(44)29-17-21-31(22-18-29)39-36-41-35(38)42-37(43-36)40-32-23-19-30(20-24-32)34(45)47-26-16-28-57(14,50-54(7,8)9)51-55(10,11)12/h17-24H,15-16,25-28H2,1-14H3,(H2,39,40,41,42,43). The molecule has 0 aliphatic carbocycles. The first-order valence-corrected chi connectivity index (χ1v) is 38.5. The highest BCUT2D eigenvalue weighted by molar-refractivity contribution is 6.88. The molecule has 0 saturated heterocycles. The van der Waals surface area contributed by atoms with Crippen molar-refractivity contribution in [3.8, 4) is 0 Å². The van der Waals surface area contributed by atoms with Gasteiger partial charge in [-0.25, -0.2) is 9.59 Å². The first-order chi connectivity index (χ1) is 26.1. The Bertz CT molecular complexity index is 1630. The molecular formula is C37H64ClN5O8Si6. The monoisotopic (exact) mass is 909 g/mol. The predicted octanol–water partition coefficient (Wildman–Crippen LogP) is 10.7. The van der Waals surface area contributed by atoms with E-state index in [9.17, 15) is 9.59 Å². The summed E-state index contributed by atoms with van der Waals surface area (Å²) in [4.78, 5) is 38.4. The van der Waals surface area contributed by atoms with Crippen molar-refractivity contribution in [2.24, 2.45) is 0 Å². The molecule has 3 aromatic rings. The van der Waals surface area contributed by atoms with Gasteiger partial charge in [0.15, 0.2) is 33.3 Å². The number of nitrogens with one attached hydrogen (secondary N) is 2. The second-order valence-electron chi connectivity index (χ2n) is 18.3. The van der Waals surface area contributed by atoms with Crippen molar-refractivity contribution in [2.45, 2.75) is 117 Å². The number of hydrogen-bond donors (Lipinski definition) is 2. The Balaban J connectivity index is 1.52. The van der Waals surface area contributed by atoms with Gasteiger partial charge in [-0.2, -0.15) is 15.0 Å². The number of hydrogen-bond acceptors (Lipinski definition) is 13. The molecule has 57 heavy (non-hydrogen) atoms. The number of carbonyl (C=O) groups excluding carboxylic acids is 2. The van der Waals surface area contributed by atoms with Gasteiger partial charge in [-0.15, -0.1) is 0 Å². The lowest BCUT2D eigenvalue weighted by molar-refractivity contribution is 0.0494. The number of esters is 2. The van der Waals surface area contributed by atoms with E-state index in [0.29, 0.717) is 35.3 Å². The van der Waals surface area contributed by atoms with E-state index in [4.69, 9.17) is 37.5 Å². The average molecular weight is 911 g/mol. The lowest BCUT2D eigenvalue weighted by Crippen LogP contribution is -2.52. The van der Waals surface area contributed by atoms with Crippen molar-refractivity contribution >= 4 is 97.2 Å². The molecule has 3 rings (SSSR count). The fourth-order valence-corrected chi connectivity index (χ4v) is 31.4. The Labute approximate surface area is 351 Å². The van der Waals surface area contributed by atoms with Gasteiger partial charge in [0.05, 0.1) is 24.3 Å². The van der Waals surface area contributed by atoms with Gasteiger partial charge in [-0.1, -0.05) is 0 Å². The third kappa shape index (κ3) is 19.4. The van der Waals surface area contributed by atoms with Crippen LogP contribution in [0.2, 0.25) is 109 Å². The van der Waals surface area contributed by atoms with Gasteiger partial charge >= 0.3 is 29.1 Å². The number of aromatic nitrogens is 3. The molecule has 0 unspecified atom stereocenters. The molecule has 0 bridgehead atoms. The molecule has 2 aromatic carbocycles. The van der Waals surface area contributed by atoms with Crippen molar-refractivity contribution in [3.05, 3.63) is 64.9 Å². The second kappa shape index (κ2) is 20.1. The minimum atomic E-state index is -2.40. The topological polar surface area (TPSA) is 152 Å². The molecule has 1 aromatic heterocycles. The van der Waals surface area contributed by atoms with E-state index in [-0.39, 0.29) is 30.4 Å². The maximum Gasteiger partial charge on any atom is 0.338 e. The first kappa shape index (κ1) is 48.8. The van der Waals surface area contributed by atoms with E-state index >= 15 is 0 Å². The quantitative estimate of drug-likeness (QED) is 0.0559. The van der Waals surface area contributed by atoms with E-state index in [0.717, 1.165) is 12.1 Å². The summed E-state index contributed by atoms with van der Waals surface area (Å²) < 4.78 is 37.4. The van der Waals surface area contributed by atoms with Crippen LogP contribution in [0.3, 0.4) is 0 Å². The zero-order valence-corrected chi connectivity index (χ0v) is 43.1. The fourth-order valence-electron chi connectivity index (χ4n) is 6.22. The summed E-state index contributed by atoms with van der Waals surface area (Å²) in [6.45, 7) is 30.9. The number of nitrogens with zero attached hydrogens (tertiary/aromatic N) is 3. The van der Waals surface area contributed by atoms with Crippen molar-refractivity contribution < 1.29 is 35.5 Å². The largest absolute Gasteiger partial charge is 0.462 e. The van der Waals surface area contributed by atoms with Crippen molar-refractivity contribution in [1.29, 1.82) is 0 Å². The minimum Gasteiger partial charge on any atom is -0.462 e. The third-order valence-electron chi connectivity index (χ3n) is 7.47. The summed E-state index contributed by atoms with van der Waals surface area (Å²) in [7, 11) is -12.0. The molecule has 20 heteroatoms. The van der Waals surface area contributed by atoms with Crippen molar-refractivity contribution in [3.63, 3.8) is 0 Å². The Morgan fingerprint density at radius 1 is 0.509 bits per heavy atom. The van der Waals surface area contributed by atoms with Crippen LogP contribution in [0.5, 0.6) is 0 Å². The molecule has 0 radical (unpaired) electrons. The normalized spacial score (nSPS) is 13.0. The van der Waals surface area contributed by atoms with Gasteiger partial charge in [0.1, 0.15) is 0 Å². The number of ether oxygens (including phenoxy) is 2. The van der Waals surface area contributed by atoms with Gasteiger partial charge in [0, 0.05) is 11.4 Å². The number of anilines is 4. The molecule has 0 fully saturated rings. The van der Waals surface area contributed by atoms with E-state index in [1.807, 2.05) is 0 Å². The van der Waals surface area contributed by atoms with Gasteiger partial charge in [-0.3, -0.25) is 0 Å². The molecule has 0 aliphatic rings. The van der Waals surface area contributed by atoms with Crippen molar-refractivity contribution in [1.82, 2.24) is 15.0 Å². The van der Waals surface area contributed by atoms with Gasteiger partial charge < -0.3 is 36.6 Å². The van der Waals surface area contributed by atoms with E-state index in [1.54, 1.807) is 48.5 Å². The zero-order chi connectivity index (χ0) is 42.9. The number of carbonyl (C=O) groups is 2. The van der Waals surface area contributed by atoms with Crippen LogP contribution >= 0.6 is 11.6 Å². The van der Waals surface area contributed by atoms with E-state index < -0.39 is 62.3 Å². The Kier molecular flexibility index (Phi) is 17.2. The molecule has 13 nitrogen and oxygen atoms in total. The van der Waals surface area contributed by atoms with Crippen LogP contribution in [-0.4, -0.2) is 90.5 Å². The molecule has 0 amide bonds. The van der Waals surface area contributed by atoms with Crippen LogP contribution in [0.15, 0.2) is 48.5 Å². The zero-order valence-electron chi connectivity index (χ0n) is 36.3. The summed E-state index contributed by atoms with van der Waals surface area (Å²) in [5.41, 5.74) is 2.11. The minimum absolute atomic E-state index is 0.0234. The molecule has 2 N–H and O–H groups in total. The summed E-state index contributed by atoms with van der Waals surface area (Å²) in [6.07, 6.45) is 1.34. The smallest absolute Gasteiger partial charge is 0.338 e. The maximum atomic E-state index is 12.8. The van der Waals surface area contributed by atoms with Crippen LogP contribution in [-0.2, 0) is 25.9 Å². The first-order valence-electron chi connectivity index (χ1n) is 19.4. The SMILES string of the molecule is C[Si](C)(C)O[Si](C)(CCCOC(=O)c1ccc(Nc2nc(Cl)nc(Nc3ccc(C(=O)OCCC[Si](C)(O[Si](C)(C)C)O[Si](C)(C)C)cc3)n2)cc1)O[Si](C)(C)C. The molecule has 0 saturated carbocycles. The summed E-state index contributed by atoms with van der Waals surface area (Å²) in [5, 5.41) is 6.17. The van der Waals surface area contributed by atoms with Gasteiger partial charge in [0.25, 0.3) is 0 Å². The lowest BCUT2D eigenvalue weighted by Gasteiger charge is -2.38. The summed E-state index contributed by atoms with van der Waals surface area (Å²) in [5.74, 6) is -0.413. The molecular weight excluding hydrogens is 846 g/mol. The summed E-state index contributed by atoms with van der Waals surface area (Å²) in [6, 6.07) is 15.1. The van der Waals surface area contributed by atoms with Gasteiger partial charge in [-0.05, 0) is 177 Å². The molecule has 0 atom stereocenters. The van der Waals surface area contributed by atoms with E-state index in [1.165, 1.54) is 0 Å². The van der Waals surface area contributed by atoms with Crippen LogP contribution in [0.25, 0.3) is 0 Å². The van der Waals surface area contributed by atoms with Crippen LogP contribution in [0, 0.1) is 0 Å². The molecule has 1 heterocycles. The second-order valence-corrected chi connectivity index (χ2v) is 44.3. The Morgan fingerprint density at radius 2 is 0.807 bits per heavy atom. The number of rotatable bonds is 22. The number of benzene rings is 2. The molecule has 0 spiro atoms. The fraction of sp³-hybridized carbons (Fsp3) is 0.541. The number of halogens is 1. The highest BCUT2D eigenvalue weighted by Crippen LogP contribution is 2.27. The van der Waals surface area contributed by atoms with Crippen LogP contribution in [0.4, 0.5) is 23.3 Å². The van der Waals surface area contributed by atoms with Crippen LogP contribution < -0.4 is 10.6 Å².